The molecule has 0 saturated carbocycles. The molecule has 0 aliphatic carbocycles. The molecule has 6 heavy (non-hydrogen) atoms. The molecule has 0 fully saturated rings. The molecule has 2 heteroatoms. The topological polar surface area (TPSA) is 40.9 Å². The van der Waals surface area contributed by atoms with Gasteiger partial charge in [0.1, 0.15) is 11.6 Å². The molecule has 0 atom stereocenters. The summed E-state index contributed by atoms with van der Waals surface area (Å²) in [5.74, 6) is 0. The highest BCUT2D eigenvalue weighted by atomic mass is 16.1. The molecular weight excluding hydrogens is 78.0 g/mol. The first-order valence-corrected chi connectivity index (χ1v) is 1.51. The van der Waals surface area contributed by atoms with E-state index in [-0.39, 0.29) is 5.43 Å². The van der Waals surface area contributed by atoms with Crippen molar-refractivity contribution < 1.29 is 0 Å². The van der Waals surface area contributed by atoms with Crippen LogP contribution in [0.15, 0.2) is 10.9 Å². The highest BCUT2D eigenvalue weighted by Gasteiger charge is 2.03. The van der Waals surface area contributed by atoms with Crippen LogP contribution < -0.4 is 5.43 Å². The summed E-state index contributed by atoms with van der Waals surface area (Å²) in [4.78, 5) is 9.80. The fourth-order valence-electron chi connectivity index (χ4n) is 0.182. The summed E-state index contributed by atoms with van der Waals surface area (Å²) in [6, 6.07) is 3.01. The highest BCUT2D eigenvalue weighted by Crippen LogP contribution is 1.86. The summed E-state index contributed by atoms with van der Waals surface area (Å²) in [7, 11) is 0. The van der Waals surface area contributed by atoms with Gasteiger partial charge in [0, 0.05) is 6.07 Å². The smallest absolute Gasteiger partial charge is 0.197 e. The first-order chi connectivity index (χ1) is 2.84. The lowest BCUT2D eigenvalue weighted by Gasteiger charge is -1.38. The Kier molecular flexibility index (Phi) is 0.356. The first-order valence-electron chi connectivity index (χ1n) is 1.51. The largest absolute Gasteiger partial charge is 0.288 e. The van der Waals surface area contributed by atoms with Crippen molar-refractivity contribution in [1.82, 2.24) is 0 Å². The van der Waals surface area contributed by atoms with E-state index in [1.807, 2.05) is 0 Å². The summed E-state index contributed by atoms with van der Waals surface area (Å²) >= 11 is 0. The molecule has 0 spiro atoms. The predicted octanol–water partition coefficient (Wildman–Crippen LogP) is -0.206. The first kappa shape index (κ1) is 3.10. The zero-order chi connectivity index (χ0) is 4.57. The zero-order valence-electron chi connectivity index (χ0n) is 2.93. The third kappa shape index (κ3) is 0.220. The molecule has 0 unspecified atom stereocenters. The average molecular weight is 79.1 g/mol. The molecule has 0 amide bonds. The Labute approximate surface area is 34.3 Å². The van der Waals surface area contributed by atoms with E-state index in [0.717, 1.165) is 0 Å². The number of nitriles is 1. The van der Waals surface area contributed by atoms with Crippen molar-refractivity contribution in [1.29, 1.82) is 5.26 Å². The van der Waals surface area contributed by atoms with E-state index in [0.29, 0.717) is 5.56 Å². The number of hydrogen-bond donors (Lipinski definition) is 0. The second-order valence-corrected chi connectivity index (χ2v) is 1.03. The summed E-state index contributed by atoms with van der Waals surface area (Å²) in [6.07, 6.45) is 0. The molecule has 0 aliphatic heterocycles. The van der Waals surface area contributed by atoms with Gasteiger partial charge in [-0.05, 0) is 0 Å². The Balaban J connectivity index is 3.04. The Morgan fingerprint density at radius 3 is 2.33 bits per heavy atom. The molecule has 1 aromatic carbocycles. The number of hydrogen-bond acceptors (Lipinski definition) is 2. The molecule has 0 heterocycles. The summed E-state index contributed by atoms with van der Waals surface area (Å²) in [6.45, 7) is 0. The van der Waals surface area contributed by atoms with Crippen LogP contribution in [0, 0.1) is 11.3 Å². The molecule has 0 N–H and O–H groups in total. The highest BCUT2D eigenvalue weighted by molar-refractivity contribution is 5.36. The van der Waals surface area contributed by atoms with E-state index in [9.17, 15) is 4.79 Å². The third-order valence-corrected chi connectivity index (χ3v) is 0.578. The van der Waals surface area contributed by atoms with Crippen LogP contribution in [0.4, 0.5) is 0 Å². The average Bonchev–Trinajstić information content (AvgIpc) is 2.19. The van der Waals surface area contributed by atoms with Gasteiger partial charge in [0.05, 0.1) is 0 Å². The normalized spacial score (nSPS) is 8.50. The van der Waals surface area contributed by atoms with E-state index in [4.69, 9.17) is 5.26 Å². The zero-order valence-corrected chi connectivity index (χ0v) is 2.93. The minimum Gasteiger partial charge on any atom is -0.288 e. The molecule has 0 saturated heterocycles. The second kappa shape index (κ2) is 0.689. The number of rotatable bonds is 0. The standard InChI is InChI=1S/C4HNO/c5-2-3-1-4(3)6/h1H. The Morgan fingerprint density at radius 1 is 1.83 bits per heavy atom. The van der Waals surface area contributed by atoms with Gasteiger partial charge in [-0.25, -0.2) is 0 Å². The van der Waals surface area contributed by atoms with Gasteiger partial charge in [-0.15, -0.1) is 0 Å². The van der Waals surface area contributed by atoms with Crippen LogP contribution >= 0.6 is 0 Å². The minimum atomic E-state index is -0.113. The summed E-state index contributed by atoms with van der Waals surface area (Å²) in [5, 5.41) is 7.84. The predicted molar refractivity (Wildman–Crippen MR) is 19.8 cm³/mol. The summed E-state index contributed by atoms with van der Waals surface area (Å²) in [5.41, 5.74) is 0.188. The van der Waals surface area contributed by atoms with Crippen molar-refractivity contribution in [3.8, 4) is 6.07 Å². The maximum absolute atomic E-state index is 9.80. The molecule has 1 aromatic rings. The molecule has 0 radical (unpaired) electrons. The van der Waals surface area contributed by atoms with Crippen LogP contribution in [0.2, 0.25) is 0 Å². The van der Waals surface area contributed by atoms with Crippen molar-refractivity contribution >= 4 is 0 Å². The fourth-order valence-corrected chi connectivity index (χ4v) is 0.182. The van der Waals surface area contributed by atoms with Crippen LogP contribution in [0.5, 0.6) is 0 Å². The van der Waals surface area contributed by atoms with Crippen LogP contribution in [0.1, 0.15) is 5.56 Å². The molecule has 0 bridgehead atoms. The Bertz CT molecular complexity index is 199. The van der Waals surface area contributed by atoms with Crippen molar-refractivity contribution in [3.63, 3.8) is 0 Å². The maximum atomic E-state index is 9.80. The van der Waals surface area contributed by atoms with E-state index in [2.05, 4.69) is 0 Å². The maximum Gasteiger partial charge on any atom is 0.197 e. The van der Waals surface area contributed by atoms with E-state index in [1.54, 1.807) is 6.07 Å². The van der Waals surface area contributed by atoms with Gasteiger partial charge in [0.15, 0.2) is 5.43 Å². The molecule has 0 aliphatic rings. The monoisotopic (exact) mass is 79.0 g/mol. The van der Waals surface area contributed by atoms with Crippen LogP contribution in [-0.2, 0) is 0 Å². The second-order valence-electron chi connectivity index (χ2n) is 1.03. The van der Waals surface area contributed by atoms with Gasteiger partial charge in [-0.2, -0.15) is 5.26 Å². The van der Waals surface area contributed by atoms with Crippen molar-refractivity contribution in [2.45, 2.75) is 0 Å². The van der Waals surface area contributed by atoms with Gasteiger partial charge in [-0.3, -0.25) is 4.79 Å². The van der Waals surface area contributed by atoms with Gasteiger partial charge >= 0.3 is 0 Å². The lowest BCUT2D eigenvalue weighted by atomic mass is 10.6. The van der Waals surface area contributed by atoms with E-state index in [1.165, 1.54) is 6.07 Å². The van der Waals surface area contributed by atoms with E-state index < -0.39 is 0 Å². The van der Waals surface area contributed by atoms with Crippen molar-refractivity contribution in [2.24, 2.45) is 0 Å². The summed E-state index contributed by atoms with van der Waals surface area (Å²) < 4.78 is 0. The van der Waals surface area contributed by atoms with Crippen LogP contribution in [-0.4, -0.2) is 0 Å². The minimum absolute atomic E-state index is 0.113. The molecule has 1 rings (SSSR count). The lowest BCUT2D eigenvalue weighted by Crippen LogP contribution is -1.70. The van der Waals surface area contributed by atoms with Crippen molar-refractivity contribution in [3.05, 3.63) is 21.9 Å². The molecule has 2 nitrogen and oxygen atoms in total. The number of nitrogens with zero attached hydrogens (tertiary/aromatic N) is 1. The molecular formula is C4HNO. The van der Waals surface area contributed by atoms with Crippen LogP contribution in [0.25, 0.3) is 0 Å². The molecule has 0 aromatic heterocycles. The Hall–Kier alpha value is -1.10. The van der Waals surface area contributed by atoms with E-state index >= 15 is 0 Å². The van der Waals surface area contributed by atoms with Gasteiger partial charge < -0.3 is 0 Å². The third-order valence-electron chi connectivity index (χ3n) is 0.578. The van der Waals surface area contributed by atoms with Crippen molar-refractivity contribution in [2.75, 3.05) is 0 Å². The SMILES string of the molecule is N#Cc1cc1=O. The van der Waals surface area contributed by atoms with Gasteiger partial charge in [0.2, 0.25) is 0 Å². The Morgan fingerprint density at radius 2 is 2.33 bits per heavy atom. The fraction of sp³-hybridized carbons (Fsp3) is 0. The quantitative estimate of drug-likeness (QED) is 0.432. The van der Waals surface area contributed by atoms with Gasteiger partial charge in [-0.1, -0.05) is 0 Å². The molecule has 28 valence electrons. The van der Waals surface area contributed by atoms with Crippen LogP contribution in [0.3, 0.4) is 0 Å². The van der Waals surface area contributed by atoms with Gasteiger partial charge in [0.25, 0.3) is 0 Å². The lowest BCUT2D eigenvalue weighted by molar-refractivity contribution is 1.52.